The van der Waals surface area contributed by atoms with E-state index in [2.05, 4.69) is 11.4 Å². The predicted molar refractivity (Wildman–Crippen MR) is 66.2 cm³/mol. The Morgan fingerprint density at radius 2 is 1.82 bits per heavy atom. The van der Waals surface area contributed by atoms with Crippen LogP contribution >= 0.6 is 0 Å². The van der Waals surface area contributed by atoms with Crippen LogP contribution in [-0.4, -0.2) is 31.5 Å². The zero-order valence-corrected chi connectivity index (χ0v) is 10.9. The maximum absolute atomic E-state index is 11.5. The van der Waals surface area contributed by atoms with Crippen molar-refractivity contribution in [3.8, 4) is 6.07 Å². The number of nitrogens with zero attached hydrogens (tertiary/aromatic N) is 1. The summed E-state index contributed by atoms with van der Waals surface area (Å²) >= 11 is 0. The summed E-state index contributed by atoms with van der Waals surface area (Å²) in [4.78, 5) is 0. The van der Waals surface area contributed by atoms with Crippen molar-refractivity contribution in [3.05, 3.63) is 0 Å². The quantitative estimate of drug-likeness (QED) is 0.758. The van der Waals surface area contributed by atoms with E-state index in [9.17, 15) is 13.7 Å². The van der Waals surface area contributed by atoms with Crippen molar-refractivity contribution in [1.82, 2.24) is 5.32 Å². The fraction of sp³-hybridized carbons (Fsp3) is 0.917. The summed E-state index contributed by atoms with van der Waals surface area (Å²) in [5, 5.41) is 12.6. The molecular formula is C12H20N2O2S. The molecular weight excluding hydrogens is 236 g/mol. The first-order valence-corrected chi connectivity index (χ1v) is 8.27. The lowest BCUT2D eigenvalue weighted by atomic mass is 9.97. The molecule has 4 nitrogen and oxygen atoms in total. The number of rotatable bonds is 2. The zero-order chi connectivity index (χ0) is 12.4. The minimum Gasteiger partial charge on any atom is -0.296 e. The molecule has 2 aliphatic rings. The first-order valence-electron chi connectivity index (χ1n) is 6.45. The Labute approximate surface area is 103 Å². The Bertz CT molecular complexity index is 405. The summed E-state index contributed by atoms with van der Waals surface area (Å²) in [6.45, 7) is 0. The standard InChI is InChI=1S/C12H20N2O2S/c13-9-12(7-8-17(15,16)10-12)14-11-5-3-1-2-4-6-11/h11,14H,1-8,10H2. The van der Waals surface area contributed by atoms with Crippen LogP contribution in [0.4, 0.5) is 0 Å². The van der Waals surface area contributed by atoms with Crippen molar-refractivity contribution in [2.75, 3.05) is 11.5 Å². The second-order valence-corrected chi connectivity index (χ2v) is 7.55. The topological polar surface area (TPSA) is 70.0 Å². The van der Waals surface area contributed by atoms with Gasteiger partial charge < -0.3 is 0 Å². The van der Waals surface area contributed by atoms with Crippen LogP contribution in [0.2, 0.25) is 0 Å². The molecule has 1 saturated carbocycles. The van der Waals surface area contributed by atoms with Gasteiger partial charge in [0.1, 0.15) is 5.54 Å². The minimum absolute atomic E-state index is 0.00694. The molecule has 1 atom stereocenters. The molecule has 96 valence electrons. The fourth-order valence-electron chi connectivity index (χ4n) is 2.90. The van der Waals surface area contributed by atoms with Crippen LogP contribution in [0.25, 0.3) is 0 Å². The predicted octanol–water partition coefficient (Wildman–Crippen LogP) is 1.38. The maximum atomic E-state index is 11.5. The molecule has 0 spiro atoms. The molecule has 0 aromatic heterocycles. The SMILES string of the molecule is N#CC1(NC2CCCCCC2)CCS(=O)(=O)C1. The Morgan fingerprint density at radius 1 is 1.18 bits per heavy atom. The third-order valence-electron chi connectivity index (χ3n) is 3.86. The number of sulfone groups is 1. The highest BCUT2D eigenvalue weighted by Crippen LogP contribution is 2.26. The van der Waals surface area contributed by atoms with E-state index in [0.29, 0.717) is 12.5 Å². The molecule has 0 amide bonds. The second-order valence-electron chi connectivity index (χ2n) is 5.37. The molecule has 0 aromatic rings. The highest BCUT2D eigenvalue weighted by atomic mass is 32.2. The van der Waals surface area contributed by atoms with Crippen molar-refractivity contribution in [1.29, 1.82) is 5.26 Å². The number of hydrogen-bond donors (Lipinski definition) is 1. The lowest BCUT2D eigenvalue weighted by Crippen LogP contribution is -2.50. The highest BCUT2D eigenvalue weighted by Gasteiger charge is 2.43. The van der Waals surface area contributed by atoms with Crippen molar-refractivity contribution in [2.24, 2.45) is 0 Å². The van der Waals surface area contributed by atoms with Crippen molar-refractivity contribution in [3.63, 3.8) is 0 Å². The van der Waals surface area contributed by atoms with Gasteiger partial charge in [-0.2, -0.15) is 5.26 Å². The van der Waals surface area contributed by atoms with Gasteiger partial charge in [-0.05, 0) is 19.3 Å². The molecule has 1 heterocycles. The second kappa shape index (κ2) is 4.95. The van der Waals surface area contributed by atoms with E-state index < -0.39 is 15.4 Å². The largest absolute Gasteiger partial charge is 0.296 e. The average molecular weight is 256 g/mol. The van der Waals surface area contributed by atoms with Gasteiger partial charge in [-0.3, -0.25) is 5.32 Å². The smallest absolute Gasteiger partial charge is 0.153 e. The summed E-state index contributed by atoms with van der Waals surface area (Å²) in [6.07, 6.45) is 7.49. The summed E-state index contributed by atoms with van der Waals surface area (Å²) in [5.41, 5.74) is -0.812. The summed E-state index contributed by atoms with van der Waals surface area (Å²) in [6, 6.07) is 2.53. The van der Waals surface area contributed by atoms with Crippen LogP contribution in [-0.2, 0) is 9.84 Å². The van der Waals surface area contributed by atoms with Crippen LogP contribution in [0.5, 0.6) is 0 Å². The van der Waals surface area contributed by atoms with E-state index in [-0.39, 0.29) is 11.5 Å². The van der Waals surface area contributed by atoms with Gasteiger partial charge >= 0.3 is 0 Å². The van der Waals surface area contributed by atoms with E-state index in [4.69, 9.17) is 0 Å². The van der Waals surface area contributed by atoms with E-state index >= 15 is 0 Å². The van der Waals surface area contributed by atoms with Gasteiger partial charge in [-0.25, -0.2) is 8.42 Å². The van der Waals surface area contributed by atoms with Gasteiger partial charge in [0, 0.05) is 6.04 Å². The van der Waals surface area contributed by atoms with Crippen LogP contribution < -0.4 is 5.32 Å². The molecule has 5 heteroatoms. The van der Waals surface area contributed by atoms with Crippen LogP contribution in [0.3, 0.4) is 0 Å². The Balaban J connectivity index is 2.03. The minimum atomic E-state index is -3.01. The maximum Gasteiger partial charge on any atom is 0.153 e. The number of hydrogen-bond acceptors (Lipinski definition) is 4. The van der Waals surface area contributed by atoms with Gasteiger partial charge in [0.15, 0.2) is 9.84 Å². The van der Waals surface area contributed by atoms with Gasteiger partial charge in [-0.1, -0.05) is 25.7 Å². The molecule has 0 aromatic carbocycles. The molecule has 0 radical (unpaired) electrons. The van der Waals surface area contributed by atoms with Gasteiger partial charge in [0.05, 0.1) is 17.6 Å². The average Bonchev–Trinajstić information content (AvgIpc) is 2.47. The van der Waals surface area contributed by atoms with E-state index in [0.717, 1.165) is 12.8 Å². The van der Waals surface area contributed by atoms with E-state index in [1.807, 2.05) is 0 Å². The highest BCUT2D eigenvalue weighted by molar-refractivity contribution is 7.91. The van der Waals surface area contributed by atoms with Crippen molar-refractivity contribution in [2.45, 2.75) is 56.5 Å². The molecule has 1 saturated heterocycles. The van der Waals surface area contributed by atoms with Crippen molar-refractivity contribution >= 4 is 9.84 Å². The van der Waals surface area contributed by atoms with Crippen molar-refractivity contribution < 1.29 is 8.42 Å². The van der Waals surface area contributed by atoms with Gasteiger partial charge in [0.25, 0.3) is 0 Å². The van der Waals surface area contributed by atoms with E-state index in [1.165, 1.54) is 25.7 Å². The molecule has 2 rings (SSSR count). The van der Waals surface area contributed by atoms with E-state index in [1.54, 1.807) is 0 Å². The Hall–Kier alpha value is -0.600. The Kier molecular flexibility index (Phi) is 3.74. The fourth-order valence-corrected chi connectivity index (χ4v) is 4.75. The normalized spacial score (nSPS) is 34.1. The third-order valence-corrected chi connectivity index (χ3v) is 5.61. The molecule has 1 aliphatic carbocycles. The van der Waals surface area contributed by atoms with Crippen LogP contribution in [0.15, 0.2) is 0 Å². The molecule has 2 fully saturated rings. The lowest BCUT2D eigenvalue weighted by Gasteiger charge is -2.27. The van der Waals surface area contributed by atoms with Crippen LogP contribution in [0.1, 0.15) is 44.9 Å². The molecule has 0 bridgehead atoms. The molecule has 17 heavy (non-hydrogen) atoms. The number of nitriles is 1. The molecule has 1 N–H and O–H groups in total. The number of nitrogens with one attached hydrogen (secondary N) is 1. The Morgan fingerprint density at radius 3 is 2.29 bits per heavy atom. The lowest BCUT2D eigenvalue weighted by molar-refractivity contribution is 0.355. The summed E-state index contributed by atoms with van der Waals surface area (Å²) < 4.78 is 23.0. The van der Waals surface area contributed by atoms with Gasteiger partial charge in [0.2, 0.25) is 0 Å². The van der Waals surface area contributed by atoms with Crippen LogP contribution in [0, 0.1) is 11.3 Å². The summed E-state index contributed by atoms with van der Waals surface area (Å²) in [7, 11) is -3.01. The van der Waals surface area contributed by atoms with Gasteiger partial charge in [-0.15, -0.1) is 0 Å². The first kappa shape index (κ1) is 12.8. The first-order chi connectivity index (χ1) is 8.05. The third kappa shape index (κ3) is 3.20. The molecule has 1 unspecified atom stereocenters. The monoisotopic (exact) mass is 256 g/mol. The summed E-state index contributed by atoms with van der Waals surface area (Å²) in [5.74, 6) is 0.146. The zero-order valence-electron chi connectivity index (χ0n) is 10.1. The molecule has 1 aliphatic heterocycles.